The number of carbonyl (C=O) groups excluding carboxylic acids is 2. The van der Waals surface area contributed by atoms with Gasteiger partial charge in [-0.25, -0.2) is 0 Å². The number of nitro groups is 1. The molecule has 0 radical (unpaired) electrons. The lowest BCUT2D eigenvalue weighted by Gasteiger charge is -2.16. The van der Waals surface area contributed by atoms with Crippen LogP contribution < -0.4 is 10.2 Å². The van der Waals surface area contributed by atoms with E-state index in [2.05, 4.69) is 5.32 Å². The molecule has 1 heterocycles. The van der Waals surface area contributed by atoms with Crippen molar-refractivity contribution in [1.29, 1.82) is 0 Å². The molecular weight excluding hydrogens is 322 g/mol. The average molecular weight is 339 g/mol. The number of amides is 2. The Kier molecular flexibility index (Phi) is 4.47. The minimum absolute atomic E-state index is 0.0837. The Bertz CT molecular complexity index is 835. The van der Waals surface area contributed by atoms with E-state index >= 15 is 0 Å². The predicted molar refractivity (Wildman–Crippen MR) is 93.4 cm³/mol. The predicted octanol–water partition coefficient (Wildman–Crippen LogP) is 2.89. The summed E-state index contributed by atoms with van der Waals surface area (Å²) in [5.74, 6) is -1.07. The summed E-state index contributed by atoms with van der Waals surface area (Å²) in [6.07, 6.45) is 0.0837. The molecule has 1 aliphatic rings. The highest BCUT2D eigenvalue weighted by Crippen LogP contribution is 2.30. The highest BCUT2D eigenvalue weighted by molar-refractivity contribution is 6.04. The molecule has 128 valence electrons. The lowest BCUT2D eigenvalue weighted by atomic mass is 10.1. The number of anilines is 2. The molecule has 1 N–H and O–H groups in total. The second-order valence-electron chi connectivity index (χ2n) is 5.96. The van der Waals surface area contributed by atoms with Gasteiger partial charge in [0.2, 0.25) is 11.8 Å². The van der Waals surface area contributed by atoms with Crippen molar-refractivity contribution in [3.8, 4) is 0 Å². The summed E-state index contributed by atoms with van der Waals surface area (Å²) < 4.78 is 0. The van der Waals surface area contributed by atoms with E-state index in [0.717, 1.165) is 5.69 Å². The summed E-state index contributed by atoms with van der Waals surface area (Å²) >= 11 is 0. The smallest absolute Gasteiger partial charge is 0.293 e. The van der Waals surface area contributed by atoms with Crippen LogP contribution in [0.15, 0.2) is 48.5 Å². The zero-order valence-electron chi connectivity index (χ0n) is 13.6. The number of benzene rings is 2. The molecule has 0 bridgehead atoms. The van der Waals surface area contributed by atoms with Gasteiger partial charge in [0.1, 0.15) is 5.69 Å². The van der Waals surface area contributed by atoms with Crippen molar-refractivity contribution < 1.29 is 14.5 Å². The first-order valence-corrected chi connectivity index (χ1v) is 7.87. The Morgan fingerprint density at radius 2 is 1.92 bits per heavy atom. The molecule has 1 saturated heterocycles. The normalized spacial score (nSPS) is 16.8. The van der Waals surface area contributed by atoms with Gasteiger partial charge in [-0.3, -0.25) is 19.7 Å². The Hall–Kier alpha value is -3.22. The second-order valence-corrected chi connectivity index (χ2v) is 5.96. The molecule has 7 heteroatoms. The monoisotopic (exact) mass is 339 g/mol. The third-order valence-corrected chi connectivity index (χ3v) is 4.26. The van der Waals surface area contributed by atoms with Crippen LogP contribution in [0.3, 0.4) is 0 Å². The number of para-hydroxylation sites is 2. The minimum atomic E-state index is -0.549. The van der Waals surface area contributed by atoms with E-state index < -0.39 is 10.8 Å². The summed E-state index contributed by atoms with van der Waals surface area (Å²) in [5.41, 5.74) is 1.37. The zero-order chi connectivity index (χ0) is 18.0. The van der Waals surface area contributed by atoms with Crippen molar-refractivity contribution in [3.63, 3.8) is 0 Å². The van der Waals surface area contributed by atoms with Crippen LogP contribution in [0.4, 0.5) is 17.1 Å². The largest absolute Gasteiger partial charge is 0.320 e. The van der Waals surface area contributed by atoms with Gasteiger partial charge in [0.05, 0.1) is 10.8 Å². The van der Waals surface area contributed by atoms with E-state index in [1.54, 1.807) is 24.0 Å². The number of carbonyl (C=O) groups is 2. The maximum atomic E-state index is 12.6. The van der Waals surface area contributed by atoms with E-state index in [1.165, 1.54) is 6.07 Å². The van der Waals surface area contributed by atoms with Crippen LogP contribution in [0, 0.1) is 23.0 Å². The summed E-state index contributed by atoms with van der Waals surface area (Å²) in [5, 5.41) is 13.8. The maximum absolute atomic E-state index is 12.6. The van der Waals surface area contributed by atoms with Crippen LogP contribution in [0.1, 0.15) is 12.0 Å². The molecule has 25 heavy (non-hydrogen) atoms. The SMILES string of the molecule is Cc1cccc([N+](=O)[O-])c1NC(=O)C1CC(=O)N(c2ccccc2)C1. The van der Waals surface area contributed by atoms with Crippen molar-refractivity contribution in [2.75, 3.05) is 16.8 Å². The molecule has 1 atom stereocenters. The Morgan fingerprint density at radius 3 is 2.60 bits per heavy atom. The number of nitro benzene ring substituents is 1. The average Bonchev–Trinajstić information content (AvgIpc) is 2.99. The quantitative estimate of drug-likeness (QED) is 0.685. The fourth-order valence-electron chi connectivity index (χ4n) is 2.93. The van der Waals surface area contributed by atoms with Crippen LogP contribution in [0.2, 0.25) is 0 Å². The van der Waals surface area contributed by atoms with E-state index in [-0.39, 0.29) is 36.2 Å². The number of nitrogens with zero attached hydrogens (tertiary/aromatic N) is 2. The summed E-state index contributed by atoms with van der Waals surface area (Å²) in [6.45, 7) is 1.95. The Balaban J connectivity index is 1.78. The molecule has 1 unspecified atom stereocenters. The van der Waals surface area contributed by atoms with Gasteiger partial charge in [0.25, 0.3) is 5.69 Å². The molecule has 2 aromatic carbocycles. The zero-order valence-corrected chi connectivity index (χ0v) is 13.6. The Morgan fingerprint density at radius 1 is 1.20 bits per heavy atom. The molecule has 0 spiro atoms. The number of hydrogen-bond acceptors (Lipinski definition) is 4. The first kappa shape index (κ1) is 16.6. The van der Waals surface area contributed by atoms with Gasteiger partial charge in [-0.05, 0) is 24.6 Å². The minimum Gasteiger partial charge on any atom is -0.320 e. The first-order chi connectivity index (χ1) is 12.0. The maximum Gasteiger partial charge on any atom is 0.293 e. The van der Waals surface area contributed by atoms with E-state index in [9.17, 15) is 19.7 Å². The highest BCUT2D eigenvalue weighted by atomic mass is 16.6. The van der Waals surface area contributed by atoms with Gasteiger partial charge < -0.3 is 10.2 Å². The van der Waals surface area contributed by atoms with E-state index in [0.29, 0.717) is 5.56 Å². The van der Waals surface area contributed by atoms with Crippen LogP contribution in [-0.4, -0.2) is 23.3 Å². The van der Waals surface area contributed by atoms with Gasteiger partial charge in [-0.15, -0.1) is 0 Å². The lowest BCUT2D eigenvalue weighted by Crippen LogP contribution is -2.28. The topological polar surface area (TPSA) is 92.5 Å². The molecule has 7 nitrogen and oxygen atoms in total. The first-order valence-electron chi connectivity index (χ1n) is 7.87. The molecule has 0 aromatic heterocycles. The van der Waals surface area contributed by atoms with E-state index in [4.69, 9.17) is 0 Å². The fourth-order valence-corrected chi connectivity index (χ4v) is 2.93. The van der Waals surface area contributed by atoms with Gasteiger partial charge >= 0.3 is 0 Å². The lowest BCUT2D eigenvalue weighted by molar-refractivity contribution is -0.384. The van der Waals surface area contributed by atoms with Gasteiger partial charge in [-0.1, -0.05) is 30.3 Å². The second kappa shape index (κ2) is 6.72. The van der Waals surface area contributed by atoms with Crippen molar-refractivity contribution in [2.45, 2.75) is 13.3 Å². The summed E-state index contributed by atoms with van der Waals surface area (Å²) in [4.78, 5) is 37.0. The Labute approximate surface area is 144 Å². The molecular formula is C18H17N3O4. The summed E-state index contributed by atoms with van der Waals surface area (Å²) in [6, 6.07) is 13.7. The molecule has 2 amide bonds. The van der Waals surface area contributed by atoms with Crippen LogP contribution in [0.5, 0.6) is 0 Å². The van der Waals surface area contributed by atoms with Crippen molar-refractivity contribution >= 4 is 28.9 Å². The number of aryl methyl sites for hydroxylation is 1. The van der Waals surface area contributed by atoms with Crippen LogP contribution in [-0.2, 0) is 9.59 Å². The number of nitrogens with one attached hydrogen (secondary N) is 1. The molecule has 0 aliphatic carbocycles. The standard InChI is InChI=1S/C18H17N3O4/c1-12-6-5-9-15(21(24)25)17(12)19-18(23)13-10-16(22)20(11-13)14-7-3-2-4-8-14/h2-9,13H,10-11H2,1H3,(H,19,23). The van der Waals surface area contributed by atoms with Crippen molar-refractivity contribution in [3.05, 3.63) is 64.2 Å². The number of hydrogen-bond donors (Lipinski definition) is 1. The van der Waals surface area contributed by atoms with E-state index in [1.807, 2.05) is 30.3 Å². The van der Waals surface area contributed by atoms with Gasteiger partial charge in [-0.2, -0.15) is 0 Å². The third kappa shape index (κ3) is 3.35. The third-order valence-electron chi connectivity index (χ3n) is 4.26. The number of rotatable bonds is 4. The summed E-state index contributed by atoms with van der Waals surface area (Å²) in [7, 11) is 0. The fraction of sp³-hybridized carbons (Fsp3) is 0.222. The van der Waals surface area contributed by atoms with Crippen molar-refractivity contribution in [2.24, 2.45) is 5.92 Å². The molecule has 1 fully saturated rings. The van der Waals surface area contributed by atoms with Gasteiger partial charge in [0, 0.05) is 24.7 Å². The molecule has 3 rings (SSSR count). The molecule has 2 aromatic rings. The van der Waals surface area contributed by atoms with Gasteiger partial charge in [0.15, 0.2) is 0 Å². The van der Waals surface area contributed by atoms with Crippen LogP contribution in [0.25, 0.3) is 0 Å². The van der Waals surface area contributed by atoms with Crippen molar-refractivity contribution in [1.82, 2.24) is 0 Å². The highest BCUT2D eigenvalue weighted by Gasteiger charge is 2.35. The molecule has 1 aliphatic heterocycles. The molecule has 0 saturated carbocycles. The van der Waals surface area contributed by atoms with Crippen LogP contribution >= 0.6 is 0 Å².